The number of ether oxygens (including phenoxy) is 1. The van der Waals surface area contributed by atoms with Gasteiger partial charge < -0.3 is 10.1 Å². The fourth-order valence-corrected chi connectivity index (χ4v) is 3.52. The number of hydrogen-bond donors (Lipinski definition) is 2. The molecule has 142 valence electrons. The smallest absolute Gasteiger partial charge is 0.321 e. The van der Waals surface area contributed by atoms with Crippen molar-refractivity contribution < 1.29 is 23.5 Å². The summed E-state index contributed by atoms with van der Waals surface area (Å²) in [7, 11) is 0. The van der Waals surface area contributed by atoms with E-state index in [1.807, 2.05) is 0 Å². The Morgan fingerprint density at radius 3 is 2.69 bits per heavy atom. The molecule has 2 atom stereocenters. The van der Waals surface area contributed by atoms with E-state index in [1.165, 1.54) is 6.07 Å². The van der Waals surface area contributed by atoms with Crippen molar-refractivity contribution in [3.05, 3.63) is 30.1 Å². The summed E-state index contributed by atoms with van der Waals surface area (Å²) in [4.78, 5) is 35.5. The van der Waals surface area contributed by atoms with E-state index in [2.05, 4.69) is 17.6 Å². The lowest BCUT2D eigenvalue weighted by Gasteiger charge is -2.29. The standard InChI is InChI=1S/C18H23FN2O4S/c1-12-6-2-4-8-14(12)20-18(24)21-16(22)10-25-17(23)11-26-15-9-5-3-7-13(15)19/h3,5,7,9,12,14H,2,4,6,8,10-11H2,1H3,(H2,20,21,22,24)/t12-,14-/m1/s1. The van der Waals surface area contributed by atoms with Gasteiger partial charge in [0.25, 0.3) is 5.91 Å². The predicted octanol–water partition coefficient (Wildman–Crippen LogP) is 2.87. The van der Waals surface area contributed by atoms with Crippen LogP contribution in [0.1, 0.15) is 32.6 Å². The minimum absolute atomic E-state index is 0.0521. The van der Waals surface area contributed by atoms with Gasteiger partial charge in [0, 0.05) is 10.9 Å². The first kappa shape index (κ1) is 20.2. The molecule has 1 aliphatic rings. The maximum Gasteiger partial charge on any atom is 0.321 e. The Labute approximate surface area is 156 Å². The summed E-state index contributed by atoms with van der Waals surface area (Å²) in [6.45, 7) is 1.52. The third-order valence-electron chi connectivity index (χ3n) is 4.23. The zero-order valence-corrected chi connectivity index (χ0v) is 15.4. The first-order valence-corrected chi connectivity index (χ1v) is 9.57. The molecular weight excluding hydrogens is 359 g/mol. The highest BCUT2D eigenvalue weighted by Gasteiger charge is 2.23. The van der Waals surface area contributed by atoms with E-state index in [4.69, 9.17) is 4.74 Å². The van der Waals surface area contributed by atoms with Crippen LogP contribution in [0.25, 0.3) is 0 Å². The van der Waals surface area contributed by atoms with Crippen LogP contribution in [0.4, 0.5) is 9.18 Å². The SMILES string of the molecule is C[C@@H]1CCCC[C@H]1NC(=O)NC(=O)COC(=O)CSc1ccccc1F. The number of carbonyl (C=O) groups is 3. The highest BCUT2D eigenvalue weighted by molar-refractivity contribution is 8.00. The number of nitrogens with one attached hydrogen (secondary N) is 2. The average molecular weight is 382 g/mol. The number of imide groups is 1. The molecule has 0 saturated heterocycles. The highest BCUT2D eigenvalue weighted by atomic mass is 32.2. The molecule has 0 aliphatic heterocycles. The van der Waals surface area contributed by atoms with Gasteiger partial charge >= 0.3 is 12.0 Å². The quantitative estimate of drug-likeness (QED) is 0.584. The summed E-state index contributed by atoms with van der Waals surface area (Å²) in [5, 5.41) is 4.94. The second-order valence-electron chi connectivity index (χ2n) is 6.27. The molecular formula is C18H23FN2O4S. The maximum atomic E-state index is 13.4. The van der Waals surface area contributed by atoms with Crippen LogP contribution in [0.3, 0.4) is 0 Å². The van der Waals surface area contributed by atoms with Gasteiger partial charge in [0.1, 0.15) is 5.82 Å². The molecule has 0 radical (unpaired) electrons. The number of hydrogen-bond acceptors (Lipinski definition) is 5. The second kappa shape index (κ2) is 10.2. The van der Waals surface area contributed by atoms with Crippen molar-refractivity contribution in [2.24, 2.45) is 5.92 Å². The zero-order chi connectivity index (χ0) is 18.9. The molecule has 1 aliphatic carbocycles. The molecule has 1 aromatic rings. The minimum atomic E-state index is -0.699. The number of thioether (sulfide) groups is 1. The number of benzene rings is 1. The molecule has 0 aromatic heterocycles. The molecule has 0 heterocycles. The molecule has 1 aromatic carbocycles. The molecule has 6 nitrogen and oxygen atoms in total. The normalized spacial score (nSPS) is 19.5. The molecule has 1 fully saturated rings. The fourth-order valence-electron chi connectivity index (χ4n) is 2.78. The summed E-state index contributed by atoms with van der Waals surface area (Å²) in [5.74, 6) is -1.53. The fraction of sp³-hybridized carbons (Fsp3) is 0.500. The summed E-state index contributed by atoms with van der Waals surface area (Å²) < 4.78 is 18.2. The molecule has 1 saturated carbocycles. The summed E-state index contributed by atoms with van der Waals surface area (Å²) in [6, 6.07) is 5.54. The zero-order valence-electron chi connectivity index (χ0n) is 14.6. The van der Waals surface area contributed by atoms with Gasteiger partial charge in [-0.1, -0.05) is 31.9 Å². The van der Waals surface area contributed by atoms with Crippen LogP contribution in [-0.4, -0.2) is 36.3 Å². The highest BCUT2D eigenvalue weighted by Crippen LogP contribution is 2.23. The summed E-state index contributed by atoms with van der Waals surface area (Å²) in [6.07, 6.45) is 4.16. The van der Waals surface area contributed by atoms with Gasteiger partial charge in [-0.2, -0.15) is 0 Å². The van der Waals surface area contributed by atoms with Gasteiger partial charge in [-0.25, -0.2) is 9.18 Å². The van der Waals surface area contributed by atoms with Crippen LogP contribution in [0.2, 0.25) is 0 Å². The van der Waals surface area contributed by atoms with Crippen molar-refractivity contribution in [3.8, 4) is 0 Å². The van der Waals surface area contributed by atoms with Crippen LogP contribution in [0.15, 0.2) is 29.2 Å². The number of urea groups is 1. The Kier molecular flexibility index (Phi) is 7.90. The first-order chi connectivity index (χ1) is 12.5. The maximum absolute atomic E-state index is 13.4. The Bertz CT molecular complexity index is 656. The third kappa shape index (κ3) is 6.67. The average Bonchev–Trinajstić information content (AvgIpc) is 2.61. The first-order valence-electron chi connectivity index (χ1n) is 8.59. The van der Waals surface area contributed by atoms with E-state index in [1.54, 1.807) is 18.2 Å². The number of halogens is 1. The molecule has 2 rings (SSSR count). The van der Waals surface area contributed by atoms with Gasteiger partial charge in [-0.15, -0.1) is 11.8 Å². The summed E-state index contributed by atoms with van der Waals surface area (Å²) >= 11 is 0.984. The van der Waals surface area contributed by atoms with Crippen LogP contribution in [0.5, 0.6) is 0 Å². The molecule has 0 bridgehead atoms. The Balaban J connectivity index is 1.65. The van der Waals surface area contributed by atoms with Crippen LogP contribution in [-0.2, 0) is 14.3 Å². The van der Waals surface area contributed by atoms with Crippen LogP contribution in [0, 0.1) is 11.7 Å². The number of carbonyl (C=O) groups excluding carboxylic acids is 3. The van der Waals surface area contributed by atoms with E-state index in [0.29, 0.717) is 10.8 Å². The van der Waals surface area contributed by atoms with Crippen molar-refractivity contribution in [2.45, 2.75) is 43.5 Å². The van der Waals surface area contributed by atoms with Crippen molar-refractivity contribution in [3.63, 3.8) is 0 Å². The van der Waals surface area contributed by atoms with Gasteiger partial charge in [-0.05, 0) is 30.9 Å². The Morgan fingerprint density at radius 2 is 1.96 bits per heavy atom. The van der Waals surface area contributed by atoms with Gasteiger partial charge in [0.15, 0.2) is 6.61 Å². The van der Waals surface area contributed by atoms with Crippen molar-refractivity contribution >= 4 is 29.7 Å². The number of rotatable bonds is 6. The van der Waals surface area contributed by atoms with Crippen LogP contribution < -0.4 is 10.6 Å². The van der Waals surface area contributed by atoms with E-state index in [9.17, 15) is 18.8 Å². The lowest BCUT2D eigenvalue weighted by Crippen LogP contribution is -2.48. The van der Waals surface area contributed by atoms with Crippen molar-refractivity contribution in [1.29, 1.82) is 0 Å². The molecule has 3 amide bonds. The predicted molar refractivity (Wildman–Crippen MR) is 96.2 cm³/mol. The summed E-state index contributed by atoms with van der Waals surface area (Å²) in [5.41, 5.74) is 0. The van der Waals surface area contributed by atoms with Gasteiger partial charge in [0.05, 0.1) is 5.75 Å². The van der Waals surface area contributed by atoms with Gasteiger partial charge in [-0.3, -0.25) is 14.9 Å². The largest absolute Gasteiger partial charge is 0.455 e. The third-order valence-corrected chi connectivity index (χ3v) is 5.25. The Morgan fingerprint density at radius 1 is 1.23 bits per heavy atom. The van der Waals surface area contributed by atoms with Crippen molar-refractivity contribution in [2.75, 3.05) is 12.4 Å². The molecule has 26 heavy (non-hydrogen) atoms. The molecule has 0 unspecified atom stereocenters. The van der Waals surface area contributed by atoms with Crippen molar-refractivity contribution in [1.82, 2.24) is 10.6 Å². The van der Waals surface area contributed by atoms with E-state index < -0.39 is 30.3 Å². The van der Waals surface area contributed by atoms with Crippen LogP contribution >= 0.6 is 11.8 Å². The second-order valence-corrected chi connectivity index (χ2v) is 7.29. The molecule has 2 N–H and O–H groups in total. The molecule has 0 spiro atoms. The monoisotopic (exact) mass is 382 g/mol. The minimum Gasteiger partial charge on any atom is -0.455 e. The molecule has 8 heteroatoms. The lowest BCUT2D eigenvalue weighted by atomic mass is 9.86. The Hall–Kier alpha value is -2.09. The topological polar surface area (TPSA) is 84.5 Å². The van der Waals surface area contributed by atoms with Gasteiger partial charge in [0.2, 0.25) is 0 Å². The van der Waals surface area contributed by atoms with E-state index in [-0.39, 0.29) is 11.8 Å². The number of amides is 3. The lowest BCUT2D eigenvalue weighted by molar-refractivity contribution is -0.145. The van der Waals surface area contributed by atoms with E-state index in [0.717, 1.165) is 37.4 Å². The number of esters is 1. The van der Waals surface area contributed by atoms with E-state index >= 15 is 0 Å².